The molecule has 2 rings (SSSR count). The quantitative estimate of drug-likeness (QED) is 0.864. The number of benzene rings is 1. The fraction of sp³-hybridized carbons (Fsp3) is 0.333. The summed E-state index contributed by atoms with van der Waals surface area (Å²) in [5.74, 6) is 1.32. The Balaban J connectivity index is 2.14. The number of hydrogen-bond donors (Lipinski definition) is 2. The van der Waals surface area contributed by atoms with Crippen LogP contribution in [-0.2, 0) is 13.0 Å². The van der Waals surface area contributed by atoms with Crippen LogP contribution in [0.15, 0.2) is 29.1 Å². The van der Waals surface area contributed by atoms with Crippen molar-refractivity contribution in [3.8, 4) is 5.75 Å². The molecule has 106 valence electrons. The summed E-state index contributed by atoms with van der Waals surface area (Å²) >= 11 is 0. The Bertz CT molecular complexity index is 650. The molecule has 0 aliphatic carbocycles. The number of H-pyrrole nitrogens is 1. The number of nitrogens with one attached hydrogen (secondary N) is 1. The molecule has 1 aromatic heterocycles. The molecule has 0 saturated carbocycles. The van der Waals surface area contributed by atoms with Crippen molar-refractivity contribution in [2.45, 2.75) is 26.9 Å². The van der Waals surface area contributed by atoms with Crippen molar-refractivity contribution in [3.05, 3.63) is 57.3 Å². The molecule has 5 heteroatoms. The number of rotatable bonds is 5. The standard InChI is InChI=1S/C15H19N3O2/c1-10-4-3-5-13(11(10)2)20-9-14-17-12(6-7-16)8-15(19)18-14/h3-5,8H,6-7,9,16H2,1-2H3,(H,17,18,19). The second-order valence-corrected chi connectivity index (χ2v) is 4.71. The van der Waals surface area contributed by atoms with Crippen LogP contribution >= 0.6 is 0 Å². The van der Waals surface area contributed by atoms with E-state index in [1.54, 1.807) is 0 Å². The van der Waals surface area contributed by atoms with Crippen molar-refractivity contribution in [2.24, 2.45) is 5.73 Å². The Morgan fingerprint density at radius 2 is 2.15 bits per heavy atom. The van der Waals surface area contributed by atoms with Crippen molar-refractivity contribution in [2.75, 3.05) is 6.54 Å². The first kappa shape index (κ1) is 14.3. The van der Waals surface area contributed by atoms with Gasteiger partial charge < -0.3 is 15.5 Å². The van der Waals surface area contributed by atoms with Crippen LogP contribution in [0.5, 0.6) is 5.75 Å². The summed E-state index contributed by atoms with van der Waals surface area (Å²) in [7, 11) is 0. The molecule has 0 fully saturated rings. The van der Waals surface area contributed by atoms with Crippen LogP contribution in [-0.4, -0.2) is 16.5 Å². The average Bonchev–Trinajstić information content (AvgIpc) is 2.40. The Hall–Kier alpha value is -2.14. The normalized spacial score (nSPS) is 10.6. The molecule has 0 radical (unpaired) electrons. The van der Waals surface area contributed by atoms with E-state index in [2.05, 4.69) is 9.97 Å². The molecule has 0 aliphatic rings. The molecule has 1 heterocycles. The minimum absolute atomic E-state index is 0.178. The molecular weight excluding hydrogens is 254 g/mol. The van der Waals surface area contributed by atoms with Crippen LogP contribution in [0.1, 0.15) is 22.6 Å². The van der Waals surface area contributed by atoms with Crippen LogP contribution in [0.25, 0.3) is 0 Å². The highest BCUT2D eigenvalue weighted by Gasteiger charge is 2.05. The third kappa shape index (κ3) is 3.45. The molecule has 2 aromatic rings. The van der Waals surface area contributed by atoms with E-state index in [1.807, 2.05) is 32.0 Å². The number of ether oxygens (including phenoxy) is 1. The van der Waals surface area contributed by atoms with E-state index in [1.165, 1.54) is 11.6 Å². The van der Waals surface area contributed by atoms with E-state index in [9.17, 15) is 4.79 Å². The van der Waals surface area contributed by atoms with Gasteiger partial charge in [-0.3, -0.25) is 4.79 Å². The lowest BCUT2D eigenvalue weighted by Gasteiger charge is -2.10. The van der Waals surface area contributed by atoms with Gasteiger partial charge >= 0.3 is 0 Å². The van der Waals surface area contributed by atoms with Gasteiger partial charge in [-0.05, 0) is 37.6 Å². The Morgan fingerprint density at radius 1 is 1.35 bits per heavy atom. The number of aromatic amines is 1. The molecule has 0 aliphatic heterocycles. The van der Waals surface area contributed by atoms with E-state index in [-0.39, 0.29) is 12.2 Å². The molecule has 0 atom stereocenters. The van der Waals surface area contributed by atoms with Gasteiger partial charge in [-0.2, -0.15) is 0 Å². The maximum atomic E-state index is 11.5. The zero-order valence-electron chi connectivity index (χ0n) is 11.8. The van der Waals surface area contributed by atoms with Gasteiger partial charge in [0.15, 0.2) is 0 Å². The van der Waals surface area contributed by atoms with Crippen molar-refractivity contribution >= 4 is 0 Å². The average molecular weight is 273 g/mol. The Morgan fingerprint density at radius 3 is 2.90 bits per heavy atom. The van der Waals surface area contributed by atoms with Gasteiger partial charge in [0.25, 0.3) is 5.56 Å². The van der Waals surface area contributed by atoms with Crippen LogP contribution < -0.4 is 16.0 Å². The smallest absolute Gasteiger partial charge is 0.251 e. The molecule has 1 aromatic carbocycles. The van der Waals surface area contributed by atoms with Crippen molar-refractivity contribution in [1.29, 1.82) is 0 Å². The topological polar surface area (TPSA) is 81.0 Å². The number of aryl methyl sites for hydroxylation is 1. The van der Waals surface area contributed by atoms with Gasteiger partial charge in [-0.1, -0.05) is 12.1 Å². The predicted octanol–water partition coefficient (Wildman–Crippen LogP) is 1.47. The zero-order valence-corrected chi connectivity index (χ0v) is 11.8. The molecule has 0 spiro atoms. The van der Waals surface area contributed by atoms with Gasteiger partial charge in [0.05, 0.1) is 0 Å². The van der Waals surface area contributed by atoms with Gasteiger partial charge in [-0.15, -0.1) is 0 Å². The predicted molar refractivity (Wildman–Crippen MR) is 77.9 cm³/mol. The molecule has 3 N–H and O–H groups in total. The first-order valence-corrected chi connectivity index (χ1v) is 6.58. The summed E-state index contributed by atoms with van der Waals surface area (Å²) in [4.78, 5) is 18.5. The number of hydrogen-bond acceptors (Lipinski definition) is 4. The minimum Gasteiger partial charge on any atom is -0.485 e. The lowest BCUT2D eigenvalue weighted by Crippen LogP contribution is -2.16. The summed E-state index contributed by atoms with van der Waals surface area (Å²) in [5.41, 5.74) is 8.25. The fourth-order valence-electron chi connectivity index (χ4n) is 1.93. The van der Waals surface area contributed by atoms with Gasteiger partial charge in [-0.25, -0.2) is 4.98 Å². The Kier molecular flexibility index (Phi) is 4.53. The second-order valence-electron chi connectivity index (χ2n) is 4.71. The maximum absolute atomic E-state index is 11.5. The molecule has 5 nitrogen and oxygen atoms in total. The van der Waals surface area contributed by atoms with Gasteiger partial charge in [0.1, 0.15) is 18.2 Å². The summed E-state index contributed by atoms with van der Waals surface area (Å²) in [6.07, 6.45) is 0.584. The largest absolute Gasteiger partial charge is 0.485 e. The first-order valence-electron chi connectivity index (χ1n) is 6.58. The van der Waals surface area contributed by atoms with E-state index in [4.69, 9.17) is 10.5 Å². The summed E-state index contributed by atoms with van der Waals surface area (Å²) in [5, 5.41) is 0. The highest BCUT2D eigenvalue weighted by atomic mass is 16.5. The molecule has 0 unspecified atom stereocenters. The van der Waals surface area contributed by atoms with Crippen molar-refractivity contribution in [1.82, 2.24) is 9.97 Å². The SMILES string of the molecule is Cc1cccc(OCc2nc(CCN)cc(=O)[nH]2)c1C. The first-order chi connectivity index (χ1) is 9.60. The van der Waals surface area contributed by atoms with E-state index in [0.717, 1.165) is 11.3 Å². The van der Waals surface area contributed by atoms with Crippen LogP contribution in [0.3, 0.4) is 0 Å². The third-order valence-electron chi connectivity index (χ3n) is 3.16. The Labute approximate surface area is 117 Å². The van der Waals surface area contributed by atoms with Crippen molar-refractivity contribution in [3.63, 3.8) is 0 Å². The van der Waals surface area contributed by atoms with Crippen LogP contribution in [0.2, 0.25) is 0 Å². The molecular formula is C15H19N3O2. The zero-order chi connectivity index (χ0) is 14.5. The molecule has 20 heavy (non-hydrogen) atoms. The van der Waals surface area contributed by atoms with E-state index < -0.39 is 0 Å². The summed E-state index contributed by atoms with van der Waals surface area (Å²) in [6, 6.07) is 7.35. The molecule has 0 amide bonds. The van der Waals surface area contributed by atoms with E-state index >= 15 is 0 Å². The maximum Gasteiger partial charge on any atom is 0.251 e. The van der Waals surface area contributed by atoms with Gasteiger partial charge in [0, 0.05) is 18.2 Å². The lowest BCUT2D eigenvalue weighted by atomic mass is 10.1. The van der Waals surface area contributed by atoms with Crippen LogP contribution in [0, 0.1) is 13.8 Å². The molecule has 0 saturated heterocycles. The monoisotopic (exact) mass is 273 g/mol. The fourth-order valence-corrected chi connectivity index (χ4v) is 1.93. The number of nitrogens with two attached hydrogens (primary N) is 1. The van der Waals surface area contributed by atoms with E-state index in [0.29, 0.717) is 24.5 Å². The second kappa shape index (κ2) is 6.34. The van der Waals surface area contributed by atoms with Crippen molar-refractivity contribution < 1.29 is 4.74 Å². The third-order valence-corrected chi connectivity index (χ3v) is 3.16. The lowest BCUT2D eigenvalue weighted by molar-refractivity contribution is 0.292. The highest BCUT2D eigenvalue weighted by molar-refractivity contribution is 5.38. The molecule has 0 bridgehead atoms. The minimum atomic E-state index is -0.178. The number of aromatic nitrogens is 2. The van der Waals surface area contributed by atoms with Gasteiger partial charge in [0.2, 0.25) is 0 Å². The summed E-state index contributed by atoms with van der Waals surface area (Å²) in [6.45, 7) is 4.74. The number of nitrogens with zero attached hydrogens (tertiary/aromatic N) is 1. The highest BCUT2D eigenvalue weighted by Crippen LogP contribution is 2.21. The summed E-state index contributed by atoms with van der Waals surface area (Å²) < 4.78 is 5.73. The van der Waals surface area contributed by atoms with Crippen LogP contribution in [0.4, 0.5) is 0 Å².